The number of benzene rings is 2. The van der Waals surface area contributed by atoms with Gasteiger partial charge in [-0.3, -0.25) is 9.10 Å². The van der Waals surface area contributed by atoms with E-state index in [0.717, 1.165) is 24.0 Å². The van der Waals surface area contributed by atoms with Crippen molar-refractivity contribution >= 4 is 33.2 Å². The zero-order valence-electron chi connectivity index (χ0n) is 15.9. The van der Waals surface area contributed by atoms with Gasteiger partial charge in [-0.1, -0.05) is 41.9 Å². The van der Waals surface area contributed by atoms with Gasteiger partial charge in [-0.2, -0.15) is 13.2 Å². The summed E-state index contributed by atoms with van der Waals surface area (Å²) in [6.45, 7) is 1.54. The van der Waals surface area contributed by atoms with Gasteiger partial charge >= 0.3 is 6.18 Å². The second-order valence-electron chi connectivity index (χ2n) is 6.58. The monoisotopic (exact) mass is 448 g/mol. The van der Waals surface area contributed by atoms with Crippen molar-refractivity contribution in [2.24, 2.45) is 0 Å². The highest BCUT2D eigenvalue weighted by Gasteiger charge is 2.36. The molecule has 0 heterocycles. The number of amides is 1. The molecule has 0 spiro atoms. The van der Waals surface area contributed by atoms with Gasteiger partial charge in [0.2, 0.25) is 15.9 Å². The van der Waals surface area contributed by atoms with E-state index < -0.39 is 38.7 Å². The molecular weight excluding hydrogens is 429 g/mol. The zero-order valence-corrected chi connectivity index (χ0v) is 17.5. The Kier molecular flexibility index (Phi) is 6.85. The fourth-order valence-electron chi connectivity index (χ4n) is 2.92. The zero-order chi connectivity index (χ0) is 22.0. The van der Waals surface area contributed by atoms with Crippen LogP contribution in [-0.4, -0.2) is 38.6 Å². The Morgan fingerprint density at radius 3 is 2.24 bits per heavy atom. The largest absolute Gasteiger partial charge is 0.417 e. The Hall–Kier alpha value is -2.26. The molecule has 0 bridgehead atoms. The van der Waals surface area contributed by atoms with Gasteiger partial charge in [-0.25, -0.2) is 8.42 Å². The van der Waals surface area contributed by atoms with Gasteiger partial charge in [0.1, 0.15) is 6.04 Å². The third-order valence-electron chi connectivity index (χ3n) is 4.22. The summed E-state index contributed by atoms with van der Waals surface area (Å²) in [6, 6.07) is 10.5. The summed E-state index contributed by atoms with van der Waals surface area (Å²) in [5, 5.41) is -0.560. The smallest absolute Gasteiger partial charge is 0.340 e. The van der Waals surface area contributed by atoms with E-state index in [1.54, 1.807) is 24.3 Å². The van der Waals surface area contributed by atoms with Crippen molar-refractivity contribution in [2.75, 3.05) is 17.6 Å². The minimum absolute atomic E-state index is 0.218. The Morgan fingerprint density at radius 1 is 1.14 bits per heavy atom. The fourth-order valence-corrected chi connectivity index (χ4v) is 4.31. The molecule has 0 radical (unpaired) electrons. The third-order valence-corrected chi connectivity index (χ3v) is 5.79. The van der Waals surface area contributed by atoms with Crippen molar-refractivity contribution in [1.29, 1.82) is 0 Å². The minimum atomic E-state index is -4.77. The van der Waals surface area contributed by atoms with Gasteiger partial charge in [-0.05, 0) is 30.7 Å². The van der Waals surface area contributed by atoms with Crippen molar-refractivity contribution in [3.63, 3.8) is 0 Å². The number of nitrogens with zero attached hydrogens (tertiary/aromatic N) is 2. The SMILES string of the molecule is CC(C(=O)N(C)Cc1ccccc1)N(c1ccc(Cl)c(C(F)(F)F)c1)S(C)(=O)=O. The number of likely N-dealkylation sites (N-methyl/N-ethyl adjacent to an activating group) is 1. The topological polar surface area (TPSA) is 57.7 Å². The quantitative estimate of drug-likeness (QED) is 0.666. The molecule has 0 N–H and O–H groups in total. The normalized spacial score (nSPS) is 13.1. The van der Waals surface area contributed by atoms with Crippen LogP contribution in [-0.2, 0) is 27.5 Å². The highest BCUT2D eigenvalue weighted by molar-refractivity contribution is 7.92. The van der Waals surface area contributed by atoms with Gasteiger partial charge in [0.05, 0.1) is 22.5 Å². The van der Waals surface area contributed by atoms with Crippen LogP contribution in [0.3, 0.4) is 0 Å². The molecule has 0 aliphatic carbocycles. The lowest BCUT2D eigenvalue weighted by Gasteiger charge is -2.31. The van der Waals surface area contributed by atoms with Crippen LogP contribution in [0.4, 0.5) is 18.9 Å². The van der Waals surface area contributed by atoms with Crippen LogP contribution in [0.25, 0.3) is 0 Å². The molecule has 5 nitrogen and oxygen atoms in total. The molecular formula is C19H20ClF3N2O3S. The molecule has 0 aliphatic heterocycles. The van der Waals surface area contributed by atoms with Crippen LogP contribution in [0.1, 0.15) is 18.1 Å². The molecule has 0 aromatic heterocycles. The highest BCUT2D eigenvalue weighted by Crippen LogP contribution is 2.37. The van der Waals surface area contributed by atoms with E-state index in [-0.39, 0.29) is 12.2 Å². The van der Waals surface area contributed by atoms with Crippen LogP contribution in [0, 0.1) is 0 Å². The van der Waals surface area contributed by atoms with E-state index >= 15 is 0 Å². The Balaban J connectivity index is 2.39. The summed E-state index contributed by atoms with van der Waals surface area (Å²) in [6.07, 6.45) is -3.94. The first-order chi connectivity index (χ1) is 13.3. The molecule has 2 rings (SSSR count). The van der Waals surface area contributed by atoms with Crippen LogP contribution in [0.15, 0.2) is 48.5 Å². The average Bonchev–Trinajstić information content (AvgIpc) is 2.61. The van der Waals surface area contributed by atoms with E-state index in [1.165, 1.54) is 18.9 Å². The van der Waals surface area contributed by atoms with Gasteiger partial charge in [0.25, 0.3) is 0 Å². The Labute approximate surface area is 172 Å². The van der Waals surface area contributed by atoms with Gasteiger partial charge in [0, 0.05) is 13.6 Å². The summed E-state index contributed by atoms with van der Waals surface area (Å²) in [7, 11) is -2.57. The lowest BCUT2D eigenvalue weighted by molar-refractivity contribution is -0.137. The maximum atomic E-state index is 13.2. The summed E-state index contributed by atoms with van der Waals surface area (Å²) >= 11 is 5.62. The van der Waals surface area contributed by atoms with Gasteiger partial charge in [-0.15, -0.1) is 0 Å². The van der Waals surface area contributed by atoms with Crippen molar-refractivity contribution in [2.45, 2.75) is 25.7 Å². The molecule has 29 heavy (non-hydrogen) atoms. The van der Waals surface area contributed by atoms with Crippen LogP contribution in [0.5, 0.6) is 0 Å². The standard InChI is InChI=1S/C19H20ClF3N2O3S/c1-13(18(26)24(2)12-14-7-5-4-6-8-14)25(29(3,27)28)15-9-10-17(20)16(11-15)19(21,22)23/h4-11,13H,12H2,1-3H3. The molecule has 1 amide bonds. The summed E-state index contributed by atoms with van der Waals surface area (Å²) in [4.78, 5) is 14.1. The van der Waals surface area contributed by atoms with Crippen LogP contribution >= 0.6 is 11.6 Å². The van der Waals surface area contributed by atoms with Crippen molar-refractivity contribution in [3.05, 3.63) is 64.7 Å². The number of anilines is 1. The van der Waals surface area contributed by atoms with E-state index in [0.29, 0.717) is 10.4 Å². The number of hydrogen-bond donors (Lipinski definition) is 0. The number of alkyl halides is 3. The predicted molar refractivity (Wildman–Crippen MR) is 106 cm³/mol. The Bertz CT molecular complexity index is 982. The first-order valence-corrected chi connectivity index (χ1v) is 10.7. The molecule has 1 unspecified atom stereocenters. The number of halogens is 4. The second-order valence-corrected chi connectivity index (χ2v) is 8.84. The first kappa shape index (κ1) is 23.0. The fraction of sp³-hybridized carbons (Fsp3) is 0.316. The number of hydrogen-bond acceptors (Lipinski definition) is 3. The molecule has 158 valence electrons. The third kappa shape index (κ3) is 5.63. The Morgan fingerprint density at radius 2 is 1.72 bits per heavy atom. The maximum absolute atomic E-state index is 13.2. The van der Waals surface area contributed by atoms with Gasteiger partial charge in [0.15, 0.2) is 0 Å². The van der Waals surface area contributed by atoms with Crippen molar-refractivity contribution < 1.29 is 26.4 Å². The van der Waals surface area contributed by atoms with Crippen molar-refractivity contribution in [1.82, 2.24) is 4.90 Å². The average molecular weight is 449 g/mol. The summed E-state index contributed by atoms with van der Waals surface area (Å²) < 4.78 is 64.9. The minimum Gasteiger partial charge on any atom is -0.340 e. The highest BCUT2D eigenvalue weighted by atomic mass is 35.5. The molecule has 0 fully saturated rings. The predicted octanol–water partition coefficient (Wildman–Crippen LogP) is 4.17. The van der Waals surface area contributed by atoms with Crippen LogP contribution in [0.2, 0.25) is 5.02 Å². The van der Waals surface area contributed by atoms with Crippen molar-refractivity contribution in [3.8, 4) is 0 Å². The molecule has 0 aliphatic rings. The maximum Gasteiger partial charge on any atom is 0.417 e. The molecule has 10 heteroatoms. The number of rotatable bonds is 6. The lowest BCUT2D eigenvalue weighted by Crippen LogP contribution is -2.48. The van der Waals surface area contributed by atoms with E-state index in [2.05, 4.69) is 0 Å². The number of carbonyl (C=O) groups excluding carboxylic acids is 1. The molecule has 0 saturated heterocycles. The molecule has 1 atom stereocenters. The number of carbonyl (C=O) groups is 1. The molecule has 0 saturated carbocycles. The van der Waals surface area contributed by atoms with E-state index in [9.17, 15) is 26.4 Å². The summed E-state index contributed by atoms with van der Waals surface area (Å²) in [5.41, 5.74) is -0.645. The number of sulfonamides is 1. The first-order valence-electron chi connectivity index (χ1n) is 8.47. The van der Waals surface area contributed by atoms with E-state index in [1.807, 2.05) is 6.07 Å². The van der Waals surface area contributed by atoms with Gasteiger partial charge < -0.3 is 4.90 Å². The molecule has 2 aromatic rings. The lowest BCUT2D eigenvalue weighted by atomic mass is 10.1. The summed E-state index contributed by atoms with van der Waals surface area (Å²) in [5.74, 6) is -0.567. The van der Waals surface area contributed by atoms with Crippen LogP contribution < -0.4 is 4.31 Å². The second kappa shape index (κ2) is 8.62. The van der Waals surface area contributed by atoms with E-state index in [4.69, 9.17) is 11.6 Å². The molecule has 2 aromatic carbocycles.